The van der Waals surface area contributed by atoms with E-state index in [0.717, 1.165) is 27.7 Å². The van der Waals surface area contributed by atoms with Crippen LogP contribution < -0.4 is 11.1 Å². The molecule has 0 bridgehead atoms. The molecule has 1 aromatic rings. The van der Waals surface area contributed by atoms with Crippen LogP contribution in [0, 0.1) is 0 Å². The Morgan fingerprint density at radius 3 is 2.23 bits per heavy atom. The van der Waals surface area contributed by atoms with E-state index in [1.807, 2.05) is 0 Å². The summed E-state index contributed by atoms with van der Waals surface area (Å²) >= 11 is 0. The first-order valence-electron chi connectivity index (χ1n) is 10.1. The molecule has 0 radical (unpaired) electrons. The number of amides is 1. The number of carbonyl (C=O) groups is 1. The summed E-state index contributed by atoms with van der Waals surface area (Å²) in [7, 11) is -7.72. The van der Waals surface area contributed by atoms with E-state index in [2.05, 4.69) is 5.32 Å². The Hall–Kier alpha value is -1.53. The maximum atomic E-state index is 13.2. The average Bonchev–Trinajstić information content (AvgIpc) is 2.69. The Bertz CT molecular complexity index is 944. The van der Waals surface area contributed by atoms with Crippen molar-refractivity contribution >= 4 is 26.0 Å². The molecule has 9 nitrogen and oxygen atoms in total. The van der Waals surface area contributed by atoms with Crippen LogP contribution in [-0.2, 0) is 30.6 Å². The summed E-state index contributed by atoms with van der Waals surface area (Å²) in [6, 6.07) is 8.60. The lowest BCUT2D eigenvalue weighted by atomic mass is 9.92. The van der Waals surface area contributed by atoms with E-state index >= 15 is 0 Å². The van der Waals surface area contributed by atoms with Gasteiger partial charge in [0, 0.05) is 25.2 Å². The van der Waals surface area contributed by atoms with Crippen LogP contribution in [0.4, 0.5) is 0 Å². The largest absolute Gasteiger partial charge is 0.351 e. The van der Waals surface area contributed by atoms with Crippen molar-refractivity contribution in [2.24, 2.45) is 5.73 Å². The summed E-state index contributed by atoms with van der Waals surface area (Å²) in [4.78, 5) is 13.2. The van der Waals surface area contributed by atoms with Gasteiger partial charge in [0.2, 0.25) is 20.0 Å². The molecule has 0 aromatic heterocycles. The Kier molecular flexibility index (Phi) is 7.18. The molecule has 3 rings (SSSR count). The molecule has 3 N–H and O–H groups in total. The zero-order valence-electron chi connectivity index (χ0n) is 17.1. The zero-order chi connectivity index (χ0) is 21.9. The van der Waals surface area contributed by atoms with E-state index in [-0.39, 0.29) is 30.9 Å². The minimum atomic E-state index is -3.93. The van der Waals surface area contributed by atoms with Crippen LogP contribution in [0.25, 0.3) is 0 Å². The van der Waals surface area contributed by atoms with Gasteiger partial charge in [0.1, 0.15) is 0 Å². The molecule has 1 aromatic carbocycles. The van der Waals surface area contributed by atoms with Crippen molar-refractivity contribution in [1.82, 2.24) is 13.9 Å². The van der Waals surface area contributed by atoms with E-state index in [4.69, 9.17) is 5.73 Å². The second-order valence-corrected chi connectivity index (χ2v) is 11.9. The van der Waals surface area contributed by atoms with Gasteiger partial charge in [-0.25, -0.2) is 16.8 Å². The van der Waals surface area contributed by atoms with Crippen molar-refractivity contribution < 1.29 is 21.6 Å². The number of benzene rings is 1. The Morgan fingerprint density at radius 1 is 1.03 bits per heavy atom. The first-order chi connectivity index (χ1) is 14.1. The number of nitrogens with two attached hydrogens (primary N) is 1. The molecular formula is C19H30N4O5S2. The maximum absolute atomic E-state index is 13.2. The van der Waals surface area contributed by atoms with E-state index in [1.165, 1.54) is 0 Å². The minimum absolute atomic E-state index is 0.0921. The molecule has 1 saturated heterocycles. The first-order valence-corrected chi connectivity index (χ1v) is 13.6. The lowest BCUT2D eigenvalue weighted by molar-refractivity contribution is -0.130. The molecule has 1 saturated carbocycles. The van der Waals surface area contributed by atoms with Crippen molar-refractivity contribution in [3.63, 3.8) is 0 Å². The minimum Gasteiger partial charge on any atom is -0.351 e. The van der Waals surface area contributed by atoms with Crippen molar-refractivity contribution in [2.75, 3.05) is 19.3 Å². The summed E-state index contributed by atoms with van der Waals surface area (Å²) in [5, 5.41) is 2.87. The van der Waals surface area contributed by atoms with Crippen LogP contribution in [0.1, 0.15) is 37.7 Å². The number of nitrogens with one attached hydrogen (secondary N) is 1. The number of carbonyl (C=O) groups excluding carboxylic acids is 1. The summed E-state index contributed by atoms with van der Waals surface area (Å²) in [5.74, 6) is -0.898. The number of hydrogen-bond donors (Lipinski definition) is 2. The fourth-order valence-electron chi connectivity index (χ4n) is 4.08. The van der Waals surface area contributed by atoms with Gasteiger partial charge in [-0.2, -0.15) is 8.61 Å². The Balaban J connectivity index is 1.86. The molecule has 1 heterocycles. The van der Waals surface area contributed by atoms with Crippen molar-refractivity contribution in [2.45, 2.75) is 56.1 Å². The third-order valence-corrected chi connectivity index (χ3v) is 8.66. The first kappa shape index (κ1) is 23.1. The lowest BCUT2D eigenvalue weighted by Gasteiger charge is -2.41. The summed E-state index contributed by atoms with van der Waals surface area (Å²) in [5.41, 5.74) is 6.49. The van der Waals surface area contributed by atoms with Gasteiger partial charge in [0.15, 0.2) is 6.17 Å². The molecule has 1 amide bonds. The SMILES string of the molecule is CS(=O)(=O)N1CCCN(S(=O)(=O)Cc2ccccc2)C1C(=O)NC1CCC(N)CC1. The normalized spacial score (nSPS) is 26.9. The Labute approximate surface area is 178 Å². The molecule has 11 heteroatoms. The van der Waals surface area contributed by atoms with Crippen LogP contribution in [0.15, 0.2) is 30.3 Å². The highest BCUT2D eigenvalue weighted by Crippen LogP contribution is 2.25. The van der Waals surface area contributed by atoms with Gasteiger partial charge in [0.25, 0.3) is 5.91 Å². The third kappa shape index (κ3) is 5.58. The molecule has 1 aliphatic heterocycles. The second-order valence-electron chi connectivity index (χ2n) is 8.07. The van der Waals surface area contributed by atoms with Crippen molar-refractivity contribution in [3.8, 4) is 0 Å². The van der Waals surface area contributed by atoms with Gasteiger partial charge >= 0.3 is 0 Å². The quantitative estimate of drug-likeness (QED) is 0.626. The lowest BCUT2D eigenvalue weighted by Crippen LogP contribution is -2.64. The maximum Gasteiger partial charge on any atom is 0.254 e. The summed E-state index contributed by atoms with van der Waals surface area (Å²) in [6.07, 6.45) is 2.81. The summed E-state index contributed by atoms with van der Waals surface area (Å²) < 4.78 is 53.1. The second kappa shape index (κ2) is 9.31. The molecule has 168 valence electrons. The predicted octanol–water partition coefficient (Wildman–Crippen LogP) is 0.196. The van der Waals surface area contributed by atoms with Gasteiger partial charge in [-0.3, -0.25) is 4.79 Å². The van der Waals surface area contributed by atoms with Gasteiger partial charge in [0.05, 0.1) is 12.0 Å². The van der Waals surface area contributed by atoms with E-state index in [0.29, 0.717) is 24.8 Å². The van der Waals surface area contributed by atoms with E-state index < -0.39 is 32.1 Å². The van der Waals surface area contributed by atoms with Crippen LogP contribution in [-0.4, -0.2) is 68.9 Å². The number of sulfonamides is 2. The van der Waals surface area contributed by atoms with Crippen molar-refractivity contribution in [1.29, 1.82) is 0 Å². The predicted molar refractivity (Wildman–Crippen MR) is 114 cm³/mol. The highest BCUT2D eigenvalue weighted by Gasteiger charge is 2.45. The summed E-state index contributed by atoms with van der Waals surface area (Å²) in [6.45, 7) is 0.193. The molecular weight excluding hydrogens is 428 g/mol. The monoisotopic (exact) mass is 458 g/mol. The highest BCUT2D eigenvalue weighted by atomic mass is 32.2. The molecule has 30 heavy (non-hydrogen) atoms. The third-order valence-electron chi connectivity index (χ3n) is 5.63. The van der Waals surface area contributed by atoms with Crippen LogP contribution in [0.5, 0.6) is 0 Å². The van der Waals surface area contributed by atoms with Crippen LogP contribution >= 0.6 is 0 Å². The fraction of sp³-hybridized carbons (Fsp3) is 0.632. The van der Waals surface area contributed by atoms with E-state index in [1.54, 1.807) is 30.3 Å². The van der Waals surface area contributed by atoms with Crippen molar-refractivity contribution in [3.05, 3.63) is 35.9 Å². The smallest absolute Gasteiger partial charge is 0.254 e. The number of rotatable bonds is 6. The molecule has 2 fully saturated rings. The van der Waals surface area contributed by atoms with Gasteiger partial charge in [-0.05, 0) is 37.7 Å². The highest BCUT2D eigenvalue weighted by molar-refractivity contribution is 7.89. The number of nitrogens with zero attached hydrogens (tertiary/aromatic N) is 2. The molecule has 0 spiro atoms. The Morgan fingerprint density at radius 2 is 1.63 bits per heavy atom. The van der Waals surface area contributed by atoms with Crippen LogP contribution in [0.3, 0.4) is 0 Å². The zero-order valence-corrected chi connectivity index (χ0v) is 18.7. The molecule has 2 aliphatic rings. The molecule has 1 atom stereocenters. The van der Waals surface area contributed by atoms with E-state index in [9.17, 15) is 21.6 Å². The standard InChI is InChI=1S/C19H30N4O5S2/c1-29(25,26)22-12-5-13-23(30(27,28)14-15-6-3-2-4-7-15)19(22)18(24)21-17-10-8-16(20)9-11-17/h2-4,6-7,16-17,19H,5,8-14,20H2,1H3,(H,21,24). The number of hydrogen-bond acceptors (Lipinski definition) is 6. The van der Waals surface area contributed by atoms with Crippen LogP contribution in [0.2, 0.25) is 0 Å². The molecule has 1 aliphatic carbocycles. The topological polar surface area (TPSA) is 130 Å². The fourth-order valence-corrected chi connectivity index (χ4v) is 6.87. The molecule has 1 unspecified atom stereocenters. The van der Waals surface area contributed by atoms with Gasteiger partial charge in [-0.15, -0.1) is 0 Å². The van der Waals surface area contributed by atoms with Gasteiger partial charge < -0.3 is 11.1 Å². The van der Waals surface area contributed by atoms with Gasteiger partial charge in [-0.1, -0.05) is 30.3 Å². The average molecular weight is 459 g/mol.